The monoisotopic (exact) mass is 281 g/mol. The van der Waals surface area contributed by atoms with Crippen molar-refractivity contribution >= 4 is 17.5 Å². The molecule has 4 nitrogen and oxygen atoms in total. The van der Waals surface area contributed by atoms with Crippen LogP contribution in [0.25, 0.3) is 0 Å². The molecule has 0 bridgehead atoms. The van der Waals surface area contributed by atoms with Crippen LogP contribution >= 0.6 is 11.6 Å². The molecule has 2 N–H and O–H groups in total. The molecule has 5 heteroatoms. The smallest absolute Gasteiger partial charge is 0.270 e. The summed E-state index contributed by atoms with van der Waals surface area (Å²) in [4.78, 5) is 17.5. The van der Waals surface area contributed by atoms with Crippen LogP contribution in [-0.2, 0) is 0 Å². The van der Waals surface area contributed by atoms with E-state index in [1.165, 1.54) is 12.8 Å². The van der Waals surface area contributed by atoms with Gasteiger partial charge in [-0.15, -0.1) is 0 Å². The van der Waals surface area contributed by atoms with Crippen LogP contribution in [0.5, 0.6) is 0 Å². The van der Waals surface area contributed by atoms with E-state index in [1.54, 1.807) is 12.3 Å². The molecule has 104 valence electrons. The maximum atomic E-state index is 12.5. The standard InChI is InChI=1S/C14H20ClN3O/c15-11-6-13(17-8-11)14(19)18(12-3-4-12)9-10-2-1-5-16-7-10/h6,8,10,12,16-17H,1-5,7,9H2. The van der Waals surface area contributed by atoms with Crippen molar-refractivity contribution < 1.29 is 4.79 Å². The number of piperidine rings is 1. The third-order valence-corrected chi connectivity index (χ3v) is 4.20. The van der Waals surface area contributed by atoms with Gasteiger partial charge in [-0.3, -0.25) is 4.79 Å². The molecular weight excluding hydrogens is 262 g/mol. The molecule has 1 saturated carbocycles. The predicted molar refractivity (Wildman–Crippen MR) is 75.5 cm³/mol. The number of hydrogen-bond donors (Lipinski definition) is 2. The lowest BCUT2D eigenvalue weighted by Crippen LogP contribution is -2.42. The molecule has 0 spiro atoms. The van der Waals surface area contributed by atoms with Crippen LogP contribution in [0.15, 0.2) is 12.3 Å². The van der Waals surface area contributed by atoms with Crippen LogP contribution in [0.1, 0.15) is 36.2 Å². The largest absolute Gasteiger partial charge is 0.356 e. The summed E-state index contributed by atoms with van der Waals surface area (Å²) in [6, 6.07) is 2.16. The number of hydrogen-bond acceptors (Lipinski definition) is 2. The van der Waals surface area contributed by atoms with Crippen molar-refractivity contribution in [2.45, 2.75) is 31.7 Å². The van der Waals surface area contributed by atoms with Crippen molar-refractivity contribution in [1.29, 1.82) is 0 Å². The first-order valence-corrected chi connectivity index (χ1v) is 7.47. The number of nitrogens with one attached hydrogen (secondary N) is 2. The highest BCUT2D eigenvalue weighted by Gasteiger charge is 2.35. The lowest BCUT2D eigenvalue weighted by molar-refractivity contribution is 0.0699. The first-order chi connectivity index (χ1) is 9.24. The number of carbonyl (C=O) groups is 1. The topological polar surface area (TPSA) is 48.1 Å². The SMILES string of the molecule is O=C(c1cc(Cl)c[nH]1)N(CC1CCCNC1)C1CC1. The van der Waals surface area contributed by atoms with Gasteiger partial charge in [-0.05, 0) is 50.8 Å². The summed E-state index contributed by atoms with van der Waals surface area (Å²) in [7, 11) is 0. The molecule has 2 aliphatic rings. The average molecular weight is 282 g/mol. The van der Waals surface area contributed by atoms with E-state index in [-0.39, 0.29) is 5.91 Å². The second-order valence-electron chi connectivity index (χ2n) is 5.63. The summed E-state index contributed by atoms with van der Waals surface area (Å²) < 4.78 is 0. The van der Waals surface area contributed by atoms with Gasteiger partial charge in [0.2, 0.25) is 0 Å². The minimum Gasteiger partial charge on any atom is -0.356 e. The van der Waals surface area contributed by atoms with Crippen molar-refractivity contribution in [1.82, 2.24) is 15.2 Å². The van der Waals surface area contributed by atoms with E-state index >= 15 is 0 Å². The van der Waals surface area contributed by atoms with Gasteiger partial charge in [0, 0.05) is 18.8 Å². The summed E-state index contributed by atoms with van der Waals surface area (Å²) in [5, 5.41) is 4.01. The summed E-state index contributed by atoms with van der Waals surface area (Å²) in [6.07, 6.45) is 6.38. The molecule has 0 aromatic carbocycles. The summed E-state index contributed by atoms with van der Waals surface area (Å²) >= 11 is 5.88. The molecule has 0 radical (unpaired) electrons. The van der Waals surface area contributed by atoms with Gasteiger partial charge >= 0.3 is 0 Å². The van der Waals surface area contributed by atoms with Crippen LogP contribution in [-0.4, -0.2) is 41.5 Å². The molecule has 1 saturated heterocycles. The molecule has 1 aromatic heterocycles. The van der Waals surface area contributed by atoms with E-state index in [0.29, 0.717) is 22.7 Å². The van der Waals surface area contributed by atoms with E-state index in [1.807, 2.05) is 4.90 Å². The van der Waals surface area contributed by atoms with Crippen LogP contribution in [0.4, 0.5) is 0 Å². The molecule has 2 fully saturated rings. The van der Waals surface area contributed by atoms with E-state index in [0.717, 1.165) is 32.5 Å². The van der Waals surface area contributed by atoms with Gasteiger partial charge in [-0.2, -0.15) is 0 Å². The first kappa shape index (κ1) is 13.0. The maximum absolute atomic E-state index is 12.5. The molecule has 1 aliphatic heterocycles. The third-order valence-electron chi connectivity index (χ3n) is 3.98. The van der Waals surface area contributed by atoms with Crippen molar-refractivity contribution in [2.75, 3.05) is 19.6 Å². The van der Waals surface area contributed by atoms with Gasteiger partial charge in [0.15, 0.2) is 0 Å². The Morgan fingerprint density at radius 3 is 2.84 bits per heavy atom. The van der Waals surface area contributed by atoms with Crippen LogP contribution in [0.2, 0.25) is 5.02 Å². The third kappa shape index (κ3) is 3.12. The molecule has 3 rings (SSSR count). The molecule has 19 heavy (non-hydrogen) atoms. The molecule has 1 aliphatic carbocycles. The predicted octanol–water partition coefficient (Wildman–Crippen LogP) is 2.27. The van der Waals surface area contributed by atoms with Crippen molar-refractivity contribution in [3.05, 3.63) is 23.0 Å². The zero-order valence-corrected chi connectivity index (χ0v) is 11.7. The number of amides is 1. The minimum absolute atomic E-state index is 0.0972. The Bertz CT molecular complexity index is 449. The second kappa shape index (κ2) is 5.55. The minimum atomic E-state index is 0.0972. The zero-order chi connectivity index (χ0) is 13.2. The van der Waals surface area contributed by atoms with E-state index in [4.69, 9.17) is 11.6 Å². The highest BCUT2D eigenvalue weighted by Crippen LogP contribution is 2.30. The van der Waals surface area contributed by atoms with Crippen molar-refractivity contribution in [3.63, 3.8) is 0 Å². The van der Waals surface area contributed by atoms with E-state index in [9.17, 15) is 4.79 Å². The van der Waals surface area contributed by atoms with Gasteiger partial charge in [-0.1, -0.05) is 11.6 Å². The Kier molecular flexibility index (Phi) is 3.80. The van der Waals surface area contributed by atoms with Crippen molar-refractivity contribution in [3.8, 4) is 0 Å². The molecular formula is C14H20ClN3O. The number of rotatable bonds is 4. The fraction of sp³-hybridized carbons (Fsp3) is 0.643. The maximum Gasteiger partial charge on any atom is 0.270 e. The van der Waals surface area contributed by atoms with Crippen LogP contribution in [0.3, 0.4) is 0 Å². The van der Waals surface area contributed by atoms with Gasteiger partial charge in [-0.25, -0.2) is 0 Å². The number of aromatic nitrogens is 1. The van der Waals surface area contributed by atoms with Crippen LogP contribution < -0.4 is 5.32 Å². The Balaban J connectivity index is 1.68. The van der Waals surface area contributed by atoms with Gasteiger partial charge in [0.1, 0.15) is 5.69 Å². The molecule has 1 unspecified atom stereocenters. The van der Waals surface area contributed by atoms with Gasteiger partial charge in [0.25, 0.3) is 5.91 Å². The average Bonchev–Trinajstić information content (AvgIpc) is 3.18. The van der Waals surface area contributed by atoms with E-state index < -0.39 is 0 Å². The second-order valence-corrected chi connectivity index (χ2v) is 6.07. The normalized spacial score (nSPS) is 23.3. The Hall–Kier alpha value is -1.00. The van der Waals surface area contributed by atoms with Gasteiger partial charge < -0.3 is 15.2 Å². The highest BCUT2D eigenvalue weighted by atomic mass is 35.5. The Labute approximate surface area is 118 Å². The number of aromatic amines is 1. The zero-order valence-electron chi connectivity index (χ0n) is 11.0. The van der Waals surface area contributed by atoms with Crippen LogP contribution in [0, 0.1) is 5.92 Å². The first-order valence-electron chi connectivity index (χ1n) is 7.09. The Morgan fingerprint density at radius 2 is 2.26 bits per heavy atom. The lowest BCUT2D eigenvalue weighted by atomic mass is 9.99. The lowest BCUT2D eigenvalue weighted by Gasteiger charge is -2.30. The molecule has 2 heterocycles. The number of halogens is 1. The van der Waals surface area contributed by atoms with Gasteiger partial charge in [0.05, 0.1) is 5.02 Å². The fourth-order valence-electron chi connectivity index (χ4n) is 2.79. The number of H-pyrrole nitrogens is 1. The number of nitrogens with zero attached hydrogens (tertiary/aromatic N) is 1. The summed E-state index contributed by atoms with van der Waals surface area (Å²) in [5.41, 5.74) is 0.612. The highest BCUT2D eigenvalue weighted by molar-refractivity contribution is 6.30. The summed E-state index contributed by atoms with van der Waals surface area (Å²) in [6.45, 7) is 3.01. The molecule has 1 atom stereocenters. The van der Waals surface area contributed by atoms with E-state index in [2.05, 4.69) is 10.3 Å². The van der Waals surface area contributed by atoms with Crippen molar-refractivity contribution in [2.24, 2.45) is 5.92 Å². The molecule has 1 amide bonds. The Morgan fingerprint density at radius 1 is 1.42 bits per heavy atom. The molecule has 1 aromatic rings. The number of carbonyl (C=O) groups excluding carboxylic acids is 1. The fourth-order valence-corrected chi connectivity index (χ4v) is 2.95. The quantitative estimate of drug-likeness (QED) is 0.889. The summed E-state index contributed by atoms with van der Waals surface area (Å²) in [5.74, 6) is 0.684.